The summed E-state index contributed by atoms with van der Waals surface area (Å²) in [6, 6.07) is 6.23. The Hall–Kier alpha value is -2.57. The summed E-state index contributed by atoms with van der Waals surface area (Å²) in [6.07, 6.45) is 0. The van der Waals surface area contributed by atoms with E-state index in [0.717, 1.165) is 4.90 Å². The van der Waals surface area contributed by atoms with Crippen molar-refractivity contribution in [1.82, 2.24) is 10.2 Å². The summed E-state index contributed by atoms with van der Waals surface area (Å²) < 4.78 is 0. The maximum Gasteiger partial charge on any atom is 0.324 e. The van der Waals surface area contributed by atoms with E-state index in [9.17, 15) is 14.4 Å². The number of carbonyl (C=O) groups is 3. The Morgan fingerprint density at radius 3 is 2.74 bits per heavy atom. The molecule has 0 saturated carbocycles. The quantitative estimate of drug-likeness (QED) is 0.695. The van der Waals surface area contributed by atoms with Gasteiger partial charge in [-0.15, -0.1) is 0 Å². The number of primary amides is 1. The molecule has 7 heteroatoms. The summed E-state index contributed by atoms with van der Waals surface area (Å²) in [5.74, 6) is -0.927. The van der Waals surface area contributed by atoms with E-state index < -0.39 is 11.9 Å². The molecule has 7 nitrogen and oxygen atoms in total. The molecule has 0 aliphatic carbocycles. The van der Waals surface area contributed by atoms with Crippen LogP contribution in [0.25, 0.3) is 0 Å². The molecule has 1 heterocycles. The second-order valence-corrected chi connectivity index (χ2v) is 4.04. The van der Waals surface area contributed by atoms with Crippen LogP contribution in [0.3, 0.4) is 0 Å². The van der Waals surface area contributed by atoms with Crippen LogP contribution in [0.15, 0.2) is 24.3 Å². The van der Waals surface area contributed by atoms with Crippen molar-refractivity contribution in [2.45, 2.75) is 0 Å². The zero-order chi connectivity index (χ0) is 13.8. The lowest BCUT2D eigenvalue weighted by Gasteiger charge is -2.14. The highest BCUT2D eigenvalue weighted by atomic mass is 16.2. The number of nitrogens with one attached hydrogen (secondary N) is 2. The highest BCUT2D eigenvalue weighted by molar-refractivity contribution is 6.00. The summed E-state index contributed by atoms with van der Waals surface area (Å²) >= 11 is 0. The van der Waals surface area contributed by atoms with Crippen LogP contribution in [0.1, 0.15) is 10.4 Å². The summed E-state index contributed by atoms with van der Waals surface area (Å²) in [7, 11) is 0. The molecule has 0 atom stereocenters. The molecule has 1 aromatic rings. The SMILES string of the molecule is NC(=O)c1ccccc1NCC(=O)N1CCNC1=O. The molecule has 1 aliphatic heterocycles. The number of imide groups is 1. The third-order valence-electron chi connectivity index (χ3n) is 2.78. The van der Waals surface area contributed by atoms with Gasteiger partial charge in [-0.2, -0.15) is 0 Å². The van der Waals surface area contributed by atoms with Crippen molar-refractivity contribution < 1.29 is 14.4 Å². The zero-order valence-corrected chi connectivity index (χ0v) is 10.2. The van der Waals surface area contributed by atoms with Crippen molar-refractivity contribution in [2.24, 2.45) is 5.73 Å². The van der Waals surface area contributed by atoms with Crippen LogP contribution >= 0.6 is 0 Å². The number of benzene rings is 1. The molecule has 1 fully saturated rings. The molecule has 2 rings (SSSR count). The number of nitrogens with zero attached hydrogens (tertiary/aromatic N) is 1. The van der Waals surface area contributed by atoms with Crippen molar-refractivity contribution in [2.75, 3.05) is 25.0 Å². The summed E-state index contributed by atoms with van der Waals surface area (Å²) in [6.45, 7) is 0.747. The number of rotatable bonds is 4. The van der Waals surface area contributed by atoms with Crippen molar-refractivity contribution in [1.29, 1.82) is 0 Å². The maximum atomic E-state index is 11.8. The Morgan fingerprint density at radius 2 is 2.11 bits per heavy atom. The average Bonchev–Trinajstić information content (AvgIpc) is 2.82. The fraction of sp³-hybridized carbons (Fsp3) is 0.250. The number of urea groups is 1. The third-order valence-corrected chi connectivity index (χ3v) is 2.78. The molecule has 0 spiro atoms. The second kappa shape index (κ2) is 5.38. The van der Waals surface area contributed by atoms with Crippen LogP contribution in [0.4, 0.5) is 10.5 Å². The van der Waals surface area contributed by atoms with Gasteiger partial charge in [0, 0.05) is 18.8 Å². The number of hydrogen-bond acceptors (Lipinski definition) is 4. The van der Waals surface area contributed by atoms with E-state index in [1.807, 2.05) is 0 Å². The fourth-order valence-electron chi connectivity index (χ4n) is 1.83. The van der Waals surface area contributed by atoms with Crippen LogP contribution in [0.2, 0.25) is 0 Å². The van der Waals surface area contributed by atoms with Crippen molar-refractivity contribution >= 4 is 23.5 Å². The first-order valence-electron chi connectivity index (χ1n) is 5.80. The normalized spacial score (nSPS) is 14.1. The Kier molecular flexibility index (Phi) is 3.65. The second-order valence-electron chi connectivity index (χ2n) is 4.04. The molecule has 4 N–H and O–H groups in total. The molecule has 0 unspecified atom stereocenters. The van der Waals surface area contributed by atoms with Gasteiger partial charge >= 0.3 is 6.03 Å². The molecule has 0 aromatic heterocycles. The fourth-order valence-corrected chi connectivity index (χ4v) is 1.83. The Balaban J connectivity index is 2.01. The van der Waals surface area contributed by atoms with Crippen LogP contribution in [0.5, 0.6) is 0 Å². The van der Waals surface area contributed by atoms with Crippen molar-refractivity contribution in [3.8, 4) is 0 Å². The van der Waals surface area contributed by atoms with Gasteiger partial charge in [0.2, 0.25) is 5.91 Å². The smallest absolute Gasteiger partial charge is 0.324 e. The highest BCUT2D eigenvalue weighted by Crippen LogP contribution is 2.14. The van der Waals surface area contributed by atoms with E-state index >= 15 is 0 Å². The van der Waals surface area contributed by atoms with Gasteiger partial charge in [-0.3, -0.25) is 14.5 Å². The zero-order valence-electron chi connectivity index (χ0n) is 10.2. The van der Waals surface area contributed by atoms with Crippen molar-refractivity contribution in [3.05, 3.63) is 29.8 Å². The number of anilines is 1. The predicted molar refractivity (Wildman–Crippen MR) is 68.6 cm³/mol. The first-order valence-corrected chi connectivity index (χ1v) is 5.80. The van der Waals surface area contributed by atoms with Crippen molar-refractivity contribution in [3.63, 3.8) is 0 Å². The summed E-state index contributed by atoms with van der Waals surface area (Å²) in [5.41, 5.74) is 6.01. The number of amides is 4. The molecular formula is C12H14N4O3. The van der Waals surface area contributed by atoms with Crippen LogP contribution < -0.4 is 16.4 Å². The summed E-state index contributed by atoms with van der Waals surface area (Å²) in [5, 5.41) is 5.36. The first kappa shape index (κ1) is 12.9. The Morgan fingerprint density at radius 1 is 1.37 bits per heavy atom. The number of nitrogens with two attached hydrogens (primary N) is 1. The standard InChI is InChI=1S/C12H14N4O3/c13-11(18)8-3-1-2-4-9(8)15-7-10(17)16-6-5-14-12(16)19/h1-4,15H,5-7H2,(H2,13,18)(H,14,19). The minimum Gasteiger partial charge on any atom is -0.375 e. The lowest BCUT2D eigenvalue weighted by molar-refractivity contribution is -0.125. The lowest BCUT2D eigenvalue weighted by Crippen LogP contribution is -2.38. The largest absolute Gasteiger partial charge is 0.375 e. The van der Waals surface area contributed by atoms with E-state index in [1.54, 1.807) is 24.3 Å². The number of hydrogen-bond donors (Lipinski definition) is 3. The van der Waals surface area contributed by atoms with E-state index in [4.69, 9.17) is 5.73 Å². The van der Waals surface area contributed by atoms with Crippen LogP contribution in [-0.2, 0) is 4.79 Å². The number of para-hydroxylation sites is 1. The molecule has 100 valence electrons. The Bertz CT molecular complexity index is 529. The highest BCUT2D eigenvalue weighted by Gasteiger charge is 2.25. The molecule has 4 amide bonds. The molecular weight excluding hydrogens is 248 g/mol. The van der Waals surface area contributed by atoms with Gasteiger partial charge in [-0.25, -0.2) is 4.79 Å². The van der Waals surface area contributed by atoms with Gasteiger partial charge in [0.15, 0.2) is 0 Å². The average molecular weight is 262 g/mol. The molecule has 1 aliphatic rings. The van der Waals surface area contributed by atoms with E-state index in [1.165, 1.54) is 0 Å². The monoisotopic (exact) mass is 262 g/mol. The minimum atomic E-state index is -0.575. The summed E-state index contributed by atoms with van der Waals surface area (Å²) in [4.78, 5) is 35.4. The molecule has 1 saturated heterocycles. The van der Waals surface area contributed by atoms with E-state index in [2.05, 4.69) is 10.6 Å². The molecule has 0 radical (unpaired) electrons. The number of carbonyl (C=O) groups excluding carboxylic acids is 3. The lowest BCUT2D eigenvalue weighted by atomic mass is 10.1. The molecule has 19 heavy (non-hydrogen) atoms. The molecule has 0 bridgehead atoms. The van der Waals surface area contributed by atoms with Crippen LogP contribution in [-0.4, -0.2) is 42.4 Å². The first-order chi connectivity index (χ1) is 9.09. The van der Waals surface area contributed by atoms with Gasteiger partial charge in [-0.05, 0) is 12.1 Å². The van der Waals surface area contributed by atoms with Gasteiger partial charge in [0.1, 0.15) is 0 Å². The topological polar surface area (TPSA) is 105 Å². The minimum absolute atomic E-state index is 0.0717. The van der Waals surface area contributed by atoms with Gasteiger partial charge < -0.3 is 16.4 Å². The van der Waals surface area contributed by atoms with Crippen LogP contribution in [0, 0.1) is 0 Å². The maximum absolute atomic E-state index is 11.8. The van der Waals surface area contributed by atoms with E-state index in [0.29, 0.717) is 24.3 Å². The van der Waals surface area contributed by atoms with Gasteiger partial charge in [-0.1, -0.05) is 12.1 Å². The molecule has 1 aromatic carbocycles. The Labute approximate surface area is 109 Å². The van der Waals surface area contributed by atoms with Gasteiger partial charge in [0.05, 0.1) is 12.1 Å². The van der Waals surface area contributed by atoms with E-state index in [-0.39, 0.29) is 12.5 Å². The van der Waals surface area contributed by atoms with Gasteiger partial charge in [0.25, 0.3) is 5.91 Å². The predicted octanol–water partition coefficient (Wildman–Crippen LogP) is -0.251. The third kappa shape index (κ3) is 2.82.